The molecule has 0 heterocycles. The molecule has 7 heteroatoms. The summed E-state index contributed by atoms with van der Waals surface area (Å²) in [4.78, 5) is 0. The Morgan fingerprint density at radius 1 is 1.38 bits per heavy atom. The molecule has 16 heavy (non-hydrogen) atoms. The number of rotatable bonds is 2. The monoisotopic (exact) mass is 336 g/mol. The van der Waals surface area contributed by atoms with Gasteiger partial charge in [0.25, 0.3) is 0 Å². The summed E-state index contributed by atoms with van der Waals surface area (Å²) in [5, 5.41) is -2.00. The third-order valence-corrected chi connectivity index (χ3v) is 3.09. The summed E-state index contributed by atoms with van der Waals surface area (Å²) in [6.07, 6.45) is -4.56. The Morgan fingerprint density at radius 3 is 2.38 bits per heavy atom. The van der Waals surface area contributed by atoms with Crippen LogP contribution in [-0.4, -0.2) is 13.3 Å². The summed E-state index contributed by atoms with van der Waals surface area (Å²) < 4.78 is 42.6. The molecular weight excluding hydrogens is 332 g/mol. The number of alkyl halides is 4. The average molecular weight is 338 g/mol. The lowest BCUT2D eigenvalue weighted by molar-refractivity contribution is -0.132. The summed E-state index contributed by atoms with van der Waals surface area (Å²) >= 11 is 14.0. The first-order chi connectivity index (χ1) is 7.27. The molecule has 0 fully saturated rings. The van der Waals surface area contributed by atoms with Crippen molar-refractivity contribution < 1.29 is 17.9 Å². The molecule has 0 aromatic heterocycles. The Balaban J connectivity index is 3.31. The van der Waals surface area contributed by atoms with Crippen LogP contribution in [0.5, 0.6) is 5.75 Å². The standard InChI is InChI=1S/C9H6BrCl2F3O/c1-16-7-5(8(12)9(13,14)15)2-4(11)3-6(7)10/h2-3,8H,1H3. The van der Waals surface area contributed by atoms with Gasteiger partial charge < -0.3 is 4.74 Å². The molecule has 90 valence electrons. The fraction of sp³-hybridized carbons (Fsp3) is 0.333. The van der Waals surface area contributed by atoms with Gasteiger partial charge in [-0.1, -0.05) is 11.6 Å². The molecular formula is C9H6BrCl2F3O. The van der Waals surface area contributed by atoms with Crippen molar-refractivity contribution in [3.63, 3.8) is 0 Å². The minimum atomic E-state index is -4.56. The first-order valence-electron chi connectivity index (χ1n) is 4.01. The van der Waals surface area contributed by atoms with E-state index in [1.807, 2.05) is 0 Å². The predicted molar refractivity (Wildman–Crippen MR) is 60.4 cm³/mol. The van der Waals surface area contributed by atoms with E-state index in [2.05, 4.69) is 15.9 Å². The SMILES string of the molecule is COc1c(Br)cc(Cl)cc1C(Cl)C(F)(F)F. The number of halogens is 6. The molecule has 0 aliphatic carbocycles. The van der Waals surface area contributed by atoms with Gasteiger partial charge >= 0.3 is 6.18 Å². The molecule has 1 atom stereocenters. The van der Waals surface area contributed by atoms with Gasteiger partial charge in [-0.25, -0.2) is 0 Å². The Kier molecular flexibility index (Phi) is 4.37. The Hall–Kier alpha value is -0.130. The summed E-state index contributed by atoms with van der Waals surface area (Å²) in [7, 11) is 1.26. The van der Waals surface area contributed by atoms with Gasteiger partial charge in [-0.3, -0.25) is 0 Å². The smallest absolute Gasteiger partial charge is 0.409 e. The highest BCUT2D eigenvalue weighted by Gasteiger charge is 2.41. The Morgan fingerprint density at radius 2 is 1.94 bits per heavy atom. The second kappa shape index (κ2) is 5.02. The van der Waals surface area contributed by atoms with Crippen molar-refractivity contribution >= 4 is 39.1 Å². The highest BCUT2D eigenvalue weighted by atomic mass is 79.9. The van der Waals surface area contributed by atoms with Gasteiger partial charge in [0.1, 0.15) is 5.75 Å². The summed E-state index contributed by atoms with van der Waals surface area (Å²) in [6, 6.07) is 2.57. The van der Waals surface area contributed by atoms with Crippen LogP contribution in [-0.2, 0) is 0 Å². The number of ether oxygens (including phenoxy) is 1. The maximum atomic E-state index is 12.5. The van der Waals surface area contributed by atoms with Gasteiger partial charge in [0.15, 0.2) is 5.38 Å². The topological polar surface area (TPSA) is 9.23 Å². The highest BCUT2D eigenvalue weighted by Crippen LogP contribution is 2.45. The summed E-state index contributed by atoms with van der Waals surface area (Å²) in [5.41, 5.74) is -0.212. The van der Waals surface area contributed by atoms with Crippen molar-refractivity contribution in [2.75, 3.05) is 7.11 Å². The normalized spacial score (nSPS) is 13.7. The number of benzene rings is 1. The third kappa shape index (κ3) is 2.96. The van der Waals surface area contributed by atoms with Gasteiger partial charge in [0, 0.05) is 10.6 Å². The van der Waals surface area contributed by atoms with Crippen LogP contribution in [0, 0.1) is 0 Å². The van der Waals surface area contributed by atoms with E-state index in [0.717, 1.165) is 6.07 Å². The Bertz CT molecular complexity index is 395. The number of hydrogen-bond donors (Lipinski definition) is 0. The number of hydrogen-bond acceptors (Lipinski definition) is 1. The molecule has 0 saturated carbocycles. The van der Waals surface area contributed by atoms with E-state index in [-0.39, 0.29) is 16.3 Å². The summed E-state index contributed by atoms with van der Waals surface area (Å²) in [5.74, 6) is 0.0294. The maximum absolute atomic E-state index is 12.5. The van der Waals surface area contributed by atoms with E-state index in [1.165, 1.54) is 13.2 Å². The summed E-state index contributed by atoms with van der Waals surface area (Å²) in [6.45, 7) is 0. The fourth-order valence-corrected chi connectivity index (χ4v) is 2.32. The van der Waals surface area contributed by atoms with Crippen molar-refractivity contribution in [1.82, 2.24) is 0 Å². The molecule has 0 radical (unpaired) electrons. The van der Waals surface area contributed by atoms with Gasteiger partial charge in [0.2, 0.25) is 0 Å². The van der Waals surface area contributed by atoms with Crippen LogP contribution in [0.15, 0.2) is 16.6 Å². The zero-order chi connectivity index (χ0) is 12.5. The van der Waals surface area contributed by atoms with Crippen LogP contribution in [0.25, 0.3) is 0 Å². The quantitative estimate of drug-likeness (QED) is 0.693. The third-order valence-electron chi connectivity index (χ3n) is 1.80. The molecule has 1 aromatic rings. The van der Waals surface area contributed by atoms with Crippen LogP contribution >= 0.6 is 39.1 Å². The first kappa shape index (κ1) is 13.9. The minimum Gasteiger partial charge on any atom is -0.495 e. The molecule has 0 amide bonds. The van der Waals surface area contributed by atoms with Gasteiger partial charge in [0.05, 0.1) is 11.6 Å². The molecule has 0 bridgehead atoms. The van der Waals surface area contributed by atoms with E-state index in [0.29, 0.717) is 4.47 Å². The second-order valence-corrected chi connectivity index (χ2v) is 4.64. The molecule has 0 saturated heterocycles. The Labute approximate surface area is 109 Å². The van der Waals surface area contributed by atoms with Crippen LogP contribution in [0.3, 0.4) is 0 Å². The molecule has 1 unspecified atom stereocenters. The zero-order valence-corrected chi connectivity index (χ0v) is 11.0. The zero-order valence-electron chi connectivity index (χ0n) is 7.91. The molecule has 0 aliphatic rings. The van der Waals surface area contributed by atoms with Crippen molar-refractivity contribution in [2.24, 2.45) is 0 Å². The van der Waals surface area contributed by atoms with Gasteiger partial charge in [-0.15, -0.1) is 11.6 Å². The maximum Gasteiger partial charge on any atom is 0.409 e. The lowest BCUT2D eigenvalue weighted by atomic mass is 10.1. The van der Waals surface area contributed by atoms with Crippen molar-refractivity contribution in [3.8, 4) is 5.75 Å². The minimum absolute atomic E-state index is 0.0294. The van der Waals surface area contributed by atoms with Crippen LogP contribution < -0.4 is 4.74 Å². The van der Waals surface area contributed by atoms with E-state index >= 15 is 0 Å². The van der Waals surface area contributed by atoms with Crippen molar-refractivity contribution in [2.45, 2.75) is 11.6 Å². The molecule has 0 spiro atoms. The molecule has 1 nitrogen and oxygen atoms in total. The van der Waals surface area contributed by atoms with Crippen LogP contribution in [0.2, 0.25) is 5.02 Å². The van der Waals surface area contributed by atoms with Gasteiger partial charge in [-0.05, 0) is 28.1 Å². The van der Waals surface area contributed by atoms with E-state index in [1.54, 1.807) is 0 Å². The predicted octanol–water partition coefficient (Wildman–Crippen LogP) is 4.95. The van der Waals surface area contributed by atoms with E-state index < -0.39 is 11.6 Å². The molecule has 1 rings (SSSR count). The largest absolute Gasteiger partial charge is 0.495 e. The van der Waals surface area contributed by atoms with Crippen molar-refractivity contribution in [3.05, 3.63) is 27.2 Å². The van der Waals surface area contributed by atoms with Crippen LogP contribution in [0.1, 0.15) is 10.9 Å². The average Bonchev–Trinajstić information content (AvgIpc) is 2.14. The second-order valence-electron chi connectivity index (χ2n) is 2.91. The highest BCUT2D eigenvalue weighted by molar-refractivity contribution is 9.10. The lowest BCUT2D eigenvalue weighted by Gasteiger charge is -2.18. The first-order valence-corrected chi connectivity index (χ1v) is 5.61. The molecule has 1 aromatic carbocycles. The van der Waals surface area contributed by atoms with Crippen molar-refractivity contribution in [1.29, 1.82) is 0 Å². The lowest BCUT2D eigenvalue weighted by Crippen LogP contribution is -2.16. The fourth-order valence-electron chi connectivity index (χ4n) is 1.16. The molecule has 0 aliphatic heterocycles. The number of methoxy groups -OCH3 is 1. The van der Waals surface area contributed by atoms with E-state index in [9.17, 15) is 13.2 Å². The van der Waals surface area contributed by atoms with Gasteiger partial charge in [-0.2, -0.15) is 13.2 Å². The van der Waals surface area contributed by atoms with Crippen LogP contribution in [0.4, 0.5) is 13.2 Å². The van der Waals surface area contributed by atoms with E-state index in [4.69, 9.17) is 27.9 Å². The molecule has 0 N–H and O–H groups in total.